The van der Waals surface area contributed by atoms with Crippen molar-refractivity contribution in [3.63, 3.8) is 0 Å². The summed E-state index contributed by atoms with van der Waals surface area (Å²) in [6.07, 6.45) is 0. The molecule has 1 aromatic heterocycles. The van der Waals surface area contributed by atoms with Crippen molar-refractivity contribution in [1.29, 1.82) is 0 Å². The molecule has 108 valence electrons. The molecule has 0 aliphatic rings. The Morgan fingerprint density at radius 1 is 1.20 bits per heavy atom. The molecule has 0 saturated carbocycles. The minimum absolute atomic E-state index is 0.190. The van der Waals surface area contributed by atoms with Crippen LogP contribution in [-0.2, 0) is 6.54 Å². The van der Waals surface area contributed by atoms with Crippen LogP contribution in [0.3, 0.4) is 0 Å². The van der Waals surface area contributed by atoms with Gasteiger partial charge in [0.05, 0.1) is 10.7 Å². The fourth-order valence-corrected chi connectivity index (χ4v) is 3.24. The van der Waals surface area contributed by atoms with Gasteiger partial charge in [-0.15, -0.1) is 11.3 Å². The molecule has 0 radical (unpaired) electrons. The largest absolute Gasteiger partial charge is 0.305 e. The Morgan fingerprint density at radius 3 is 2.35 bits per heavy atom. The lowest BCUT2D eigenvalue weighted by atomic mass is 9.96. The Balaban J connectivity index is 2.10. The first-order valence-corrected chi connectivity index (χ1v) is 7.70. The normalized spacial score (nSPS) is 12.9. The summed E-state index contributed by atoms with van der Waals surface area (Å²) in [5.41, 5.74) is 2.22. The molecule has 0 aliphatic carbocycles. The van der Waals surface area contributed by atoms with Crippen LogP contribution in [0, 0.1) is 25.6 Å². The molecule has 1 unspecified atom stereocenters. The maximum absolute atomic E-state index is 13.0. The van der Waals surface area contributed by atoms with E-state index in [4.69, 9.17) is 0 Å². The second kappa shape index (κ2) is 6.46. The molecule has 4 heteroatoms. The Labute approximate surface area is 124 Å². The highest BCUT2D eigenvalue weighted by atomic mass is 32.1. The van der Waals surface area contributed by atoms with Crippen molar-refractivity contribution in [2.24, 2.45) is 5.92 Å². The average molecular weight is 292 g/mol. The van der Waals surface area contributed by atoms with E-state index in [9.17, 15) is 4.39 Å². The predicted molar refractivity (Wildman–Crippen MR) is 82.4 cm³/mol. The van der Waals surface area contributed by atoms with Crippen molar-refractivity contribution in [3.8, 4) is 0 Å². The molecule has 2 rings (SSSR count). The van der Waals surface area contributed by atoms with E-state index in [-0.39, 0.29) is 11.9 Å². The van der Waals surface area contributed by atoms with Gasteiger partial charge in [0.2, 0.25) is 0 Å². The predicted octanol–water partition coefficient (Wildman–Crippen LogP) is 4.39. The standard InChI is InChI=1S/C16H21FN2S/c1-10(2)16(13-5-7-14(17)8-6-13)18-9-15-11(3)19-12(4)20-15/h5-8,10,16,18H,9H2,1-4H3. The summed E-state index contributed by atoms with van der Waals surface area (Å²) in [5.74, 6) is 0.250. The number of benzene rings is 1. The van der Waals surface area contributed by atoms with E-state index < -0.39 is 0 Å². The van der Waals surface area contributed by atoms with Crippen molar-refractivity contribution in [3.05, 3.63) is 51.2 Å². The summed E-state index contributed by atoms with van der Waals surface area (Å²) in [6.45, 7) is 9.22. The molecule has 0 bridgehead atoms. The van der Waals surface area contributed by atoms with E-state index in [1.807, 2.05) is 26.0 Å². The summed E-state index contributed by atoms with van der Waals surface area (Å²) in [6, 6.07) is 6.98. The topological polar surface area (TPSA) is 24.9 Å². The van der Waals surface area contributed by atoms with Crippen LogP contribution in [0.2, 0.25) is 0 Å². The molecule has 1 heterocycles. The number of nitrogens with one attached hydrogen (secondary N) is 1. The van der Waals surface area contributed by atoms with Crippen LogP contribution in [0.4, 0.5) is 4.39 Å². The van der Waals surface area contributed by atoms with Crippen LogP contribution < -0.4 is 5.32 Å². The number of aromatic nitrogens is 1. The Morgan fingerprint density at radius 2 is 1.85 bits per heavy atom. The van der Waals surface area contributed by atoms with E-state index in [0.717, 1.165) is 22.8 Å². The number of hydrogen-bond donors (Lipinski definition) is 1. The second-order valence-corrected chi connectivity index (χ2v) is 6.68. The first-order chi connectivity index (χ1) is 9.47. The zero-order valence-corrected chi connectivity index (χ0v) is 13.2. The molecule has 2 nitrogen and oxygen atoms in total. The number of halogens is 1. The maximum atomic E-state index is 13.0. The fraction of sp³-hybridized carbons (Fsp3) is 0.438. The Kier molecular flexibility index (Phi) is 4.89. The summed E-state index contributed by atoms with van der Waals surface area (Å²) < 4.78 is 13.0. The van der Waals surface area contributed by atoms with Gasteiger partial charge in [0.15, 0.2) is 0 Å². The summed E-state index contributed by atoms with van der Waals surface area (Å²) in [7, 11) is 0. The molecule has 1 N–H and O–H groups in total. The lowest BCUT2D eigenvalue weighted by Gasteiger charge is -2.23. The minimum atomic E-state index is -0.190. The van der Waals surface area contributed by atoms with E-state index in [2.05, 4.69) is 24.1 Å². The van der Waals surface area contributed by atoms with Crippen molar-refractivity contribution >= 4 is 11.3 Å². The number of thiazole rings is 1. The van der Waals surface area contributed by atoms with Gasteiger partial charge in [0, 0.05) is 17.5 Å². The van der Waals surface area contributed by atoms with Crippen LogP contribution >= 0.6 is 11.3 Å². The highest BCUT2D eigenvalue weighted by molar-refractivity contribution is 7.11. The van der Waals surface area contributed by atoms with Crippen molar-refractivity contribution < 1.29 is 4.39 Å². The Hall–Kier alpha value is -1.26. The monoisotopic (exact) mass is 292 g/mol. The second-order valence-electron chi connectivity index (χ2n) is 5.40. The smallest absolute Gasteiger partial charge is 0.123 e. The van der Waals surface area contributed by atoms with E-state index >= 15 is 0 Å². The van der Waals surface area contributed by atoms with Crippen LogP contribution in [0.15, 0.2) is 24.3 Å². The van der Waals surface area contributed by atoms with Gasteiger partial charge in [-0.05, 0) is 37.5 Å². The highest BCUT2D eigenvalue weighted by Crippen LogP contribution is 2.24. The molecule has 20 heavy (non-hydrogen) atoms. The molecular weight excluding hydrogens is 271 g/mol. The summed E-state index contributed by atoms with van der Waals surface area (Å²) in [5, 5.41) is 4.67. The third kappa shape index (κ3) is 3.64. The highest BCUT2D eigenvalue weighted by Gasteiger charge is 2.16. The third-order valence-corrected chi connectivity index (χ3v) is 4.45. The van der Waals surface area contributed by atoms with Gasteiger partial charge in [0.25, 0.3) is 0 Å². The average Bonchev–Trinajstić information content (AvgIpc) is 2.70. The van der Waals surface area contributed by atoms with E-state index in [0.29, 0.717) is 5.92 Å². The van der Waals surface area contributed by atoms with Crippen molar-refractivity contribution in [2.45, 2.75) is 40.3 Å². The van der Waals surface area contributed by atoms with Gasteiger partial charge in [-0.1, -0.05) is 26.0 Å². The van der Waals surface area contributed by atoms with Gasteiger partial charge in [0.1, 0.15) is 5.82 Å². The first kappa shape index (κ1) is 15.1. The maximum Gasteiger partial charge on any atom is 0.123 e. The number of hydrogen-bond acceptors (Lipinski definition) is 3. The fourth-order valence-electron chi connectivity index (χ4n) is 2.35. The molecule has 2 aromatic rings. The number of nitrogens with zero attached hydrogens (tertiary/aromatic N) is 1. The number of aryl methyl sites for hydroxylation is 2. The molecule has 0 fully saturated rings. The lowest BCUT2D eigenvalue weighted by molar-refractivity contribution is 0.411. The van der Waals surface area contributed by atoms with Crippen molar-refractivity contribution in [2.75, 3.05) is 0 Å². The number of rotatable bonds is 5. The molecule has 0 spiro atoms. The summed E-state index contributed by atoms with van der Waals surface area (Å²) in [4.78, 5) is 5.72. The van der Waals surface area contributed by atoms with Gasteiger partial charge in [-0.2, -0.15) is 0 Å². The van der Waals surface area contributed by atoms with Gasteiger partial charge in [-0.25, -0.2) is 9.37 Å². The zero-order chi connectivity index (χ0) is 14.7. The minimum Gasteiger partial charge on any atom is -0.305 e. The lowest BCUT2D eigenvalue weighted by Crippen LogP contribution is -2.25. The third-order valence-electron chi connectivity index (χ3n) is 3.38. The molecular formula is C16H21FN2S. The summed E-state index contributed by atoms with van der Waals surface area (Å²) >= 11 is 1.73. The van der Waals surface area contributed by atoms with Crippen LogP contribution in [0.25, 0.3) is 0 Å². The van der Waals surface area contributed by atoms with Crippen molar-refractivity contribution in [1.82, 2.24) is 10.3 Å². The molecule has 0 saturated heterocycles. The molecule has 0 aliphatic heterocycles. The molecule has 1 aromatic carbocycles. The SMILES string of the molecule is Cc1nc(C)c(CNC(c2ccc(F)cc2)C(C)C)s1. The Bertz CT molecular complexity index is 560. The van der Waals surface area contributed by atoms with Gasteiger partial charge < -0.3 is 5.32 Å². The van der Waals surface area contributed by atoms with Gasteiger partial charge >= 0.3 is 0 Å². The van der Waals surface area contributed by atoms with E-state index in [1.54, 1.807) is 11.3 Å². The van der Waals surface area contributed by atoms with Crippen LogP contribution in [0.1, 0.15) is 41.0 Å². The van der Waals surface area contributed by atoms with Crippen LogP contribution in [-0.4, -0.2) is 4.98 Å². The molecule has 0 amide bonds. The van der Waals surface area contributed by atoms with E-state index in [1.165, 1.54) is 17.0 Å². The first-order valence-electron chi connectivity index (χ1n) is 6.89. The quantitative estimate of drug-likeness (QED) is 0.884. The zero-order valence-electron chi connectivity index (χ0n) is 12.4. The van der Waals surface area contributed by atoms with Gasteiger partial charge in [-0.3, -0.25) is 0 Å². The molecule has 1 atom stereocenters. The van der Waals surface area contributed by atoms with Crippen LogP contribution in [0.5, 0.6) is 0 Å².